The molecule has 0 spiro atoms. The molecule has 1 saturated heterocycles. The monoisotopic (exact) mass is 171 g/mol. The maximum atomic E-state index is 3.72. The Kier molecular flexibility index (Phi) is 2.42. The van der Waals surface area contributed by atoms with Crippen LogP contribution in [0.3, 0.4) is 0 Å². The summed E-state index contributed by atoms with van der Waals surface area (Å²) in [5.74, 6) is 3.73. The van der Waals surface area contributed by atoms with Gasteiger partial charge in [0.1, 0.15) is 0 Å². The molecular formula is C9H17NS. The third-order valence-corrected chi connectivity index (χ3v) is 3.92. The quantitative estimate of drug-likeness (QED) is 0.696. The molecule has 0 aromatic rings. The topological polar surface area (TPSA) is 12.0 Å². The van der Waals surface area contributed by atoms with E-state index < -0.39 is 0 Å². The second kappa shape index (κ2) is 3.36. The van der Waals surface area contributed by atoms with Crippen molar-refractivity contribution in [2.24, 2.45) is 5.92 Å². The first-order chi connectivity index (χ1) is 5.36. The predicted octanol–water partition coefficient (Wildman–Crippen LogP) is 1.88. The first-order valence-corrected chi connectivity index (χ1v) is 5.85. The Morgan fingerprint density at radius 3 is 2.73 bits per heavy atom. The van der Waals surface area contributed by atoms with E-state index in [0.717, 1.165) is 18.0 Å². The second-order valence-corrected chi connectivity index (χ2v) is 5.00. The summed E-state index contributed by atoms with van der Waals surface area (Å²) < 4.78 is 0. The highest BCUT2D eigenvalue weighted by Gasteiger charge is 2.29. The van der Waals surface area contributed by atoms with Crippen molar-refractivity contribution in [1.29, 1.82) is 0 Å². The first-order valence-electron chi connectivity index (χ1n) is 4.70. The average Bonchev–Trinajstić information content (AvgIpc) is 2.73. The van der Waals surface area contributed by atoms with Crippen LogP contribution in [0.5, 0.6) is 0 Å². The van der Waals surface area contributed by atoms with Crippen LogP contribution in [0.2, 0.25) is 0 Å². The third kappa shape index (κ3) is 2.12. The molecule has 2 fully saturated rings. The van der Waals surface area contributed by atoms with Gasteiger partial charge in [0.2, 0.25) is 0 Å². The minimum atomic E-state index is 0.790. The van der Waals surface area contributed by atoms with Crippen molar-refractivity contribution < 1.29 is 0 Å². The largest absolute Gasteiger partial charge is 0.310 e. The summed E-state index contributed by atoms with van der Waals surface area (Å²) in [6.07, 6.45) is 4.32. The number of nitrogens with one attached hydrogen (secondary N) is 1. The van der Waals surface area contributed by atoms with Gasteiger partial charge in [-0.05, 0) is 37.9 Å². The second-order valence-electron chi connectivity index (χ2n) is 3.85. The SMILES string of the molecule is CC(NC1CCSC1)C1CC1. The molecular weight excluding hydrogens is 154 g/mol. The third-order valence-electron chi connectivity index (χ3n) is 2.76. The smallest absolute Gasteiger partial charge is 0.0168 e. The number of hydrogen-bond donors (Lipinski definition) is 1. The van der Waals surface area contributed by atoms with E-state index in [1.54, 1.807) is 0 Å². The number of thioether (sulfide) groups is 1. The van der Waals surface area contributed by atoms with Crippen molar-refractivity contribution in [1.82, 2.24) is 5.32 Å². The van der Waals surface area contributed by atoms with Gasteiger partial charge in [0.25, 0.3) is 0 Å². The van der Waals surface area contributed by atoms with Gasteiger partial charge < -0.3 is 5.32 Å². The molecule has 1 nitrogen and oxygen atoms in total. The van der Waals surface area contributed by atoms with Crippen molar-refractivity contribution >= 4 is 11.8 Å². The molecule has 64 valence electrons. The predicted molar refractivity (Wildman–Crippen MR) is 51.1 cm³/mol. The maximum absolute atomic E-state index is 3.72. The van der Waals surface area contributed by atoms with Gasteiger partial charge in [0.05, 0.1) is 0 Å². The van der Waals surface area contributed by atoms with Gasteiger partial charge in [-0.1, -0.05) is 0 Å². The van der Waals surface area contributed by atoms with Gasteiger partial charge in [-0.25, -0.2) is 0 Å². The Morgan fingerprint density at radius 2 is 2.18 bits per heavy atom. The van der Waals surface area contributed by atoms with Gasteiger partial charge in [0.15, 0.2) is 0 Å². The van der Waals surface area contributed by atoms with E-state index in [1.165, 1.54) is 30.8 Å². The molecule has 1 aliphatic carbocycles. The lowest BCUT2D eigenvalue weighted by Gasteiger charge is -2.17. The highest BCUT2D eigenvalue weighted by atomic mass is 32.2. The van der Waals surface area contributed by atoms with Crippen LogP contribution in [0.1, 0.15) is 26.2 Å². The van der Waals surface area contributed by atoms with Crippen LogP contribution in [-0.4, -0.2) is 23.6 Å². The summed E-state index contributed by atoms with van der Waals surface area (Å²) >= 11 is 2.09. The lowest BCUT2D eigenvalue weighted by molar-refractivity contribution is 0.437. The Balaban J connectivity index is 1.70. The minimum Gasteiger partial charge on any atom is -0.310 e. The molecule has 1 aliphatic heterocycles. The summed E-state index contributed by atoms with van der Waals surface area (Å²) in [4.78, 5) is 0. The van der Waals surface area contributed by atoms with E-state index in [9.17, 15) is 0 Å². The molecule has 2 unspecified atom stereocenters. The van der Waals surface area contributed by atoms with Crippen LogP contribution in [0, 0.1) is 5.92 Å². The van der Waals surface area contributed by atoms with E-state index in [4.69, 9.17) is 0 Å². The molecule has 2 atom stereocenters. The fourth-order valence-electron chi connectivity index (χ4n) is 1.77. The van der Waals surface area contributed by atoms with Crippen molar-refractivity contribution in [3.63, 3.8) is 0 Å². The molecule has 0 radical (unpaired) electrons. The van der Waals surface area contributed by atoms with Crippen LogP contribution in [0.25, 0.3) is 0 Å². The van der Waals surface area contributed by atoms with Crippen molar-refractivity contribution in [3.8, 4) is 0 Å². The standard InChI is InChI=1S/C9H17NS/c1-7(8-2-3-8)10-9-4-5-11-6-9/h7-10H,2-6H2,1H3. The van der Waals surface area contributed by atoms with E-state index in [1.807, 2.05) is 0 Å². The Hall–Kier alpha value is 0.310. The van der Waals surface area contributed by atoms with E-state index in [-0.39, 0.29) is 0 Å². The van der Waals surface area contributed by atoms with Crippen molar-refractivity contribution in [3.05, 3.63) is 0 Å². The van der Waals surface area contributed by atoms with E-state index in [2.05, 4.69) is 24.0 Å². The lowest BCUT2D eigenvalue weighted by Crippen LogP contribution is -2.37. The molecule has 2 heteroatoms. The van der Waals surface area contributed by atoms with Gasteiger partial charge in [0, 0.05) is 17.8 Å². The van der Waals surface area contributed by atoms with Gasteiger partial charge in [-0.15, -0.1) is 0 Å². The summed E-state index contributed by atoms with van der Waals surface area (Å²) in [7, 11) is 0. The fourth-order valence-corrected chi connectivity index (χ4v) is 2.94. The Labute approximate surface area is 73.3 Å². The highest BCUT2D eigenvalue weighted by molar-refractivity contribution is 7.99. The first kappa shape index (κ1) is 7.93. The van der Waals surface area contributed by atoms with Crippen LogP contribution in [-0.2, 0) is 0 Å². The molecule has 2 rings (SSSR count). The minimum absolute atomic E-state index is 0.790. The molecule has 2 aliphatic rings. The Bertz CT molecular complexity index is 128. The van der Waals surface area contributed by atoms with Crippen LogP contribution < -0.4 is 5.32 Å². The number of hydrogen-bond acceptors (Lipinski definition) is 2. The lowest BCUT2D eigenvalue weighted by atomic mass is 10.1. The molecule has 0 aromatic carbocycles. The normalized spacial score (nSPS) is 34.1. The molecule has 1 saturated carbocycles. The molecule has 0 bridgehead atoms. The molecule has 11 heavy (non-hydrogen) atoms. The van der Waals surface area contributed by atoms with Crippen LogP contribution in [0.4, 0.5) is 0 Å². The summed E-state index contributed by atoms with van der Waals surface area (Å²) in [6, 6.07) is 1.62. The van der Waals surface area contributed by atoms with Gasteiger partial charge >= 0.3 is 0 Å². The average molecular weight is 171 g/mol. The highest BCUT2D eigenvalue weighted by Crippen LogP contribution is 2.33. The van der Waals surface area contributed by atoms with Gasteiger partial charge in [-0.2, -0.15) is 11.8 Å². The van der Waals surface area contributed by atoms with E-state index >= 15 is 0 Å². The summed E-state index contributed by atoms with van der Waals surface area (Å²) in [5.41, 5.74) is 0. The molecule has 0 amide bonds. The summed E-state index contributed by atoms with van der Waals surface area (Å²) in [5, 5.41) is 3.72. The fraction of sp³-hybridized carbons (Fsp3) is 1.00. The molecule has 1 N–H and O–H groups in total. The zero-order chi connectivity index (χ0) is 7.68. The molecule has 1 heterocycles. The van der Waals surface area contributed by atoms with Crippen LogP contribution >= 0.6 is 11.8 Å². The zero-order valence-electron chi connectivity index (χ0n) is 7.18. The maximum Gasteiger partial charge on any atom is 0.0168 e. The van der Waals surface area contributed by atoms with Crippen molar-refractivity contribution in [2.45, 2.75) is 38.3 Å². The summed E-state index contributed by atoms with van der Waals surface area (Å²) in [6.45, 7) is 2.35. The van der Waals surface area contributed by atoms with Crippen LogP contribution in [0.15, 0.2) is 0 Å². The van der Waals surface area contributed by atoms with Crippen molar-refractivity contribution in [2.75, 3.05) is 11.5 Å². The number of rotatable bonds is 3. The molecule has 0 aromatic heterocycles. The van der Waals surface area contributed by atoms with Gasteiger partial charge in [-0.3, -0.25) is 0 Å². The Morgan fingerprint density at radius 1 is 1.36 bits per heavy atom. The zero-order valence-corrected chi connectivity index (χ0v) is 7.99. The van der Waals surface area contributed by atoms with E-state index in [0.29, 0.717) is 0 Å².